The average Bonchev–Trinajstić information content (AvgIpc) is 2.32. The lowest BCUT2D eigenvalue weighted by Gasteiger charge is -2.09. The second-order valence-corrected chi connectivity index (χ2v) is 3.92. The first-order chi connectivity index (χ1) is 8.16. The third kappa shape index (κ3) is 2.69. The molecule has 0 heterocycles. The molecule has 1 aliphatic rings. The van der Waals surface area contributed by atoms with Crippen LogP contribution in [0, 0.1) is 0 Å². The van der Waals surface area contributed by atoms with Gasteiger partial charge < -0.3 is 5.11 Å². The first kappa shape index (κ1) is 11.3. The summed E-state index contributed by atoms with van der Waals surface area (Å²) in [6, 6.07) is 6.92. The second-order valence-electron chi connectivity index (χ2n) is 3.92. The molecule has 1 N–H and O–H groups in total. The lowest BCUT2D eigenvalue weighted by molar-refractivity contribution is -0.113. The molecule has 86 valence electrons. The molecule has 0 radical (unpaired) electrons. The van der Waals surface area contributed by atoms with Crippen LogP contribution >= 0.6 is 0 Å². The maximum Gasteiger partial charge on any atom is 0.335 e. The minimum atomic E-state index is -0.919. The number of carbonyl (C=O) groups is 2. The number of hydrogen-bond acceptors (Lipinski definition) is 2. The summed E-state index contributed by atoms with van der Waals surface area (Å²) in [4.78, 5) is 22.0. The van der Waals surface area contributed by atoms with Crippen molar-refractivity contribution in [3.05, 3.63) is 59.2 Å². The van der Waals surface area contributed by atoms with Crippen LogP contribution in [0.5, 0.6) is 0 Å². The van der Waals surface area contributed by atoms with Crippen molar-refractivity contribution in [2.75, 3.05) is 0 Å². The highest BCUT2D eigenvalue weighted by Crippen LogP contribution is 2.17. The Labute approximate surface area is 99.1 Å². The van der Waals surface area contributed by atoms with Gasteiger partial charge >= 0.3 is 5.97 Å². The number of allylic oxidation sites excluding steroid dienone is 4. The summed E-state index contributed by atoms with van der Waals surface area (Å²) in [6.07, 6.45) is 6.09. The zero-order valence-electron chi connectivity index (χ0n) is 9.22. The number of benzene rings is 1. The first-order valence-electron chi connectivity index (χ1n) is 5.38. The highest BCUT2D eigenvalue weighted by Gasteiger charge is 2.11. The van der Waals surface area contributed by atoms with Crippen LogP contribution in [0.3, 0.4) is 0 Å². The molecular formula is C14H12O3. The quantitative estimate of drug-likeness (QED) is 0.864. The van der Waals surface area contributed by atoms with E-state index in [1.54, 1.807) is 30.4 Å². The van der Waals surface area contributed by atoms with Crippen molar-refractivity contribution < 1.29 is 14.7 Å². The third-order valence-corrected chi connectivity index (χ3v) is 2.69. The second kappa shape index (κ2) is 4.78. The van der Waals surface area contributed by atoms with Crippen LogP contribution < -0.4 is 0 Å². The van der Waals surface area contributed by atoms with E-state index in [0.29, 0.717) is 18.4 Å². The molecule has 1 aromatic rings. The van der Waals surface area contributed by atoms with Gasteiger partial charge in [0.25, 0.3) is 0 Å². The molecule has 0 saturated heterocycles. The molecule has 0 amide bonds. The summed E-state index contributed by atoms with van der Waals surface area (Å²) < 4.78 is 0. The fourth-order valence-corrected chi connectivity index (χ4v) is 1.80. The van der Waals surface area contributed by atoms with Crippen LogP contribution in [0.2, 0.25) is 0 Å². The molecule has 0 bridgehead atoms. The molecule has 0 aliphatic heterocycles. The molecule has 1 aromatic carbocycles. The van der Waals surface area contributed by atoms with Crippen molar-refractivity contribution in [3.8, 4) is 0 Å². The molecule has 0 saturated carbocycles. The van der Waals surface area contributed by atoms with Crippen molar-refractivity contribution in [1.82, 2.24) is 0 Å². The smallest absolute Gasteiger partial charge is 0.335 e. The minimum absolute atomic E-state index is 0.0836. The fraction of sp³-hybridized carbons (Fsp3) is 0.143. The van der Waals surface area contributed by atoms with Gasteiger partial charge in [-0.3, -0.25) is 4.79 Å². The van der Waals surface area contributed by atoms with Crippen LogP contribution in [-0.2, 0) is 11.2 Å². The molecule has 3 nitrogen and oxygen atoms in total. The number of ketones is 1. The number of carbonyl (C=O) groups excluding carboxylic acids is 1. The molecule has 3 heteroatoms. The van der Waals surface area contributed by atoms with Gasteiger partial charge in [0.1, 0.15) is 0 Å². The Bertz CT molecular complexity index is 524. The van der Waals surface area contributed by atoms with E-state index in [0.717, 1.165) is 11.1 Å². The van der Waals surface area contributed by atoms with Crippen molar-refractivity contribution in [3.63, 3.8) is 0 Å². The molecule has 0 spiro atoms. The van der Waals surface area contributed by atoms with Crippen LogP contribution in [0.1, 0.15) is 22.3 Å². The highest BCUT2D eigenvalue weighted by molar-refractivity contribution is 5.93. The van der Waals surface area contributed by atoms with E-state index >= 15 is 0 Å². The maximum atomic E-state index is 11.0. The molecule has 2 rings (SSSR count). The van der Waals surface area contributed by atoms with Gasteiger partial charge in [-0.15, -0.1) is 0 Å². The largest absolute Gasteiger partial charge is 0.478 e. The number of carboxylic acid groups (broad SMARTS) is 1. The van der Waals surface area contributed by atoms with Crippen LogP contribution in [0.25, 0.3) is 0 Å². The highest BCUT2D eigenvalue weighted by atomic mass is 16.4. The predicted molar refractivity (Wildman–Crippen MR) is 64.0 cm³/mol. The monoisotopic (exact) mass is 228 g/mol. The molecule has 17 heavy (non-hydrogen) atoms. The van der Waals surface area contributed by atoms with Crippen molar-refractivity contribution in [1.29, 1.82) is 0 Å². The van der Waals surface area contributed by atoms with E-state index in [-0.39, 0.29) is 5.78 Å². The summed E-state index contributed by atoms with van der Waals surface area (Å²) >= 11 is 0. The minimum Gasteiger partial charge on any atom is -0.478 e. The summed E-state index contributed by atoms with van der Waals surface area (Å²) in [5.41, 5.74) is 2.07. The maximum absolute atomic E-state index is 11.0. The van der Waals surface area contributed by atoms with Crippen LogP contribution in [0.4, 0.5) is 0 Å². The Morgan fingerprint density at radius 3 is 2.65 bits per heavy atom. The standard InChI is InChI=1S/C14H12O3/c15-12-7-5-10(6-8-12)9-11-3-1-2-4-13(11)14(16)17/h1-7H,8-9H2,(H,16,17). The van der Waals surface area contributed by atoms with Gasteiger partial charge in [0.2, 0.25) is 0 Å². The van der Waals surface area contributed by atoms with E-state index in [1.807, 2.05) is 12.1 Å². The molecule has 0 aromatic heterocycles. The van der Waals surface area contributed by atoms with Gasteiger partial charge in [0.05, 0.1) is 5.56 Å². The average molecular weight is 228 g/mol. The molecule has 0 atom stereocenters. The molecule has 0 unspecified atom stereocenters. The SMILES string of the molecule is O=C1C=CC(Cc2ccccc2C(=O)O)=CC1. The van der Waals surface area contributed by atoms with E-state index in [4.69, 9.17) is 5.11 Å². The predicted octanol–water partition coefficient (Wildman–Crippen LogP) is 2.38. The Hall–Kier alpha value is -2.16. The Balaban J connectivity index is 2.22. The lowest BCUT2D eigenvalue weighted by atomic mass is 9.96. The van der Waals surface area contributed by atoms with Gasteiger partial charge in [0.15, 0.2) is 5.78 Å². The zero-order valence-corrected chi connectivity index (χ0v) is 9.22. The molecule has 1 aliphatic carbocycles. The number of rotatable bonds is 3. The summed E-state index contributed by atoms with van der Waals surface area (Å²) in [5.74, 6) is -0.836. The van der Waals surface area contributed by atoms with Crippen LogP contribution in [-0.4, -0.2) is 16.9 Å². The topological polar surface area (TPSA) is 54.4 Å². The van der Waals surface area contributed by atoms with Gasteiger partial charge in [-0.25, -0.2) is 4.79 Å². The van der Waals surface area contributed by atoms with Gasteiger partial charge in [-0.2, -0.15) is 0 Å². The van der Waals surface area contributed by atoms with Crippen molar-refractivity contribution in [2.45, 2.75) is 12.8 Å². The van der Waals surface area contributed by atoms with Gasteiger partial charge in [-0.1, -0.05) is 30.4 Å². The lowest BCUT2D eigenvalue weighted by Crippen LogP contribution is -2.04. The van der Waals surface area contributed by atoms with Crippen molar-refractivity contribution >= 4 is 11.8 Å². The zero-order chi connectivity index (χ0) is 12.3. The number of hydrogen-bond donors (Lipinski definition) is 1. The third-order valence-electron chi connectivity index (χ3n) is 2.69. The summed E-state index contributed by atoms with van der Waals surface area (Å²) in [6.45, 7) is 0. The Kier molecular flexibility index (Phi) is 3.19. The molecule has 0 fully saturated rings. The van der Waals surface area contributed by atoms with Crippen LogP contribution in [0.15, 0.2) is 48.1 Å². The van der Waals surface area contributed by atoms with E-state index in [9.17, 15) is 9.59 Å². The summed E-state index contributed by atoms with van der Waals surface area (Å²) in [7, 11) is 0. The first-order valence-corrected chi connectivity index (χ1v) is 5.38. The van der Waals surface area contributed by atoms with E-state index < -0.39 is 5.97 Å². The van der Waals surface area contributed by atoms with Crippen molar-refractivity contribution in [2.24, 2.45) is 0 Å². The van der Waals surface area contributed by atoms with E-state index in [2.05, 4.69) is 0 Å². The normalized spacial score (nSPS) is 14.6. The molecular weight excluding hydrogens is 216 g/mol. The fourth-order valence-electron chi connectivity index (χ4n) is 1.80. The number of carboxylic acids is 1. The number of aromatic carboxylic acids is 1. The van der Waals surface area contributed by atoms with E-state index in [1.165, 1.54) is 0 Å². The summed E-state index contributed by atoms with van der Waals surface area (Å²) in [5, 5.41) is 9.05. The Morgan fingerprint density at radius 2 is 2.00 bits per heavy atom. The van der Waals surface area contributed by atoms with Gasteiger partial charge in [-0.05, 0) is 29.7 Å². The Morgan fingerprint density at radius 1 is 1.24 bits per heavy atom. The van der Waals surface area contributed by atoms with Gasteiger partial charge in [0, 0.05) is 6.42 Å².